The van der Waals surface area contributed by atoms with Crippen molar-refractivity contribution < 1.29 is 15.0 Å². The fourth-order valence-corrected chi connectivity index (χ4v) is 5.08. The number of aromatic nitrogens is 2. The van der Waals surface area contributed by atoms with Crippen molar-refractivity contribution in [3.63, 3.8) is 0 Å². The van der Waals surface area contributed by atoms with E-state index < -0.39 is 17.5 Å². The largest absolute Gasteiger partial charge is 0.481 e. The van der Waals surface area contributed by atoms with Gasteiger partial charge in [0.25, 0.3) is 0 Å². The number of carboxylic acid groups (broad SMARTS) is 1. The van der Waals surface area contributed by atoms with Gasteiger partial charge in [-0.3, -0.25) is 9.48 Å². The zero-order chi connectivity index (χ0) is 25.1. The minimum absolute atomic E-state index is 0.581. The summed E-state index contributed by atoms with van der Waals surface area (Å²) < 4.78 is 1.89. The minimum Gasteiger partial charge on any atom is -0.481 e. The van der Waals surface area contributed by atoms with E-state index in [1.54, 1.807) is 0 Å². The van der Waals surface area contributed by atoms with Crippen molar-refractivity contribution in [1.29, 1.82) is 0 Å². The second-order valence-corrected chi connectivity index (χ2v) is 9.69. The quantitative estimate of drug-likeness (QED) is 0.275. The van der Waals surface area contributed by atoms with E-state index in [4.69, 9.17) is 0 Å². The number of aliphatic hydroxyl groups is 1. The summed E-state index contributed by atoms with van der Waals surface area (Å²) in [6, 6.07) is 26.5. The van der Waals surface area contributed by atoms with Gasteiger partial charge in [-0.15, -0.1) is 0 Å². The van der Waals surface area contributed by atoms with Crippen LogP contribution in [0.25, 0.3) is 22.3 Å². The molecule has 0 aliphatic heterocycles. The molecule has 5 rings (SSSR count). The van der Waals surface area contributed by atoms with Gasteiger partial charge >= 0.3 is 5.97 Å². The molecule has 184 valence electrons. The molecule has 1 saturated carbocycles. The summed E-state index contributed by atoms with van der Waals surface area (Å²) in [6.07, 6.45) is 5.21. The molecule has 0 spiro atoms. The molecule has 0 radical (unpaired) electrons. The zero-order valence-corrected chi connectivity index (χ0v) is 20.6. The van der Waals surface area contributed by atoms with E-state index in [0.717, 1.165) is 46.4 Å². The molecule has 1 aromatic heterocycles. The topological polar surface area (TPSA) is 75.4 Å². The van der Waals surface area contributed by atoms with Crippen LogP contribution in [0.5, 0.6) is 0 Å². The van der Waals surface area contributed by atoms with Gasteiger partial charge < -0.3 is 10.2 Å². The van der Waals surface area contributed by atoms with Crippen LogP contribution in [0.15, 0.2) is 85.1 Å². The Bertz CT molecular complexity index is 1320. The lowest BCUT2D eigenvalue weighted by molar-refractivity contribution is -0.140. The molecule has 1 atom stereocenters. The van der Waals surface area contributed by atoms with Crippen molar-refractivity contribution in [2.45, 2.75) is 57.1 Å². The highest BCUT2D eigenvalue weighted by atomic mass is 16.4. The molecule has 2 N–H and O–H groups in total. The predicted octanol–water partition coefficient (Wildman–Crippen LogP) is 6.41. The van der Waals surface area contributed by atoms with Crippen LogP contribution in [0.4, 0.5) is 0 Å². The normalized spacial score (nSPS) is 14.9. The Morgan fingerprint density at radius 2 is 1.56 bits per heavy atom. The third-order valence-electron chi connectivity index (χ3n) is 7.41. The summed E-state index contributed by atoms with van der Waals surface area (Å²) in [4.78, 5) is 11.6. The van der Waals surface area contributed by atoms with Crippen molar-refractivity contribution >= 4 is 5.97 Å². The third kappa shape index (κ3) is 4.71. The van der Waals surface area contributed by atoms with Gasteiger partial charge in [0.05, 0.1) is 23.4 Å². The average molecular weight is 481 g/mol. The average Bonchev–Trinajstić information content (AvgIpc) is 3.62. The van der Waals surface area contributed by atoms with Crippen molar-refractivity contribution in [3.8, 4) is 22.3 Å². The number of rotatable bonds is 10. The number of carboxylic acids is 1. The maximum Gasteiger partial charge on any atom is 0.314 e. The summed E-state index contributed by atoms with van der Waals surface area (Å²) >= 11 is 0. The number of aryl methyl sites for hydroxylation is 2. The Labute approximate surface area is 212 Å². The van der Waals surface area contributed by atoms with Crippen molar-refractivity contribution in [1.82, 2.24) is 9.78 Å². The van der Waals surface area contributed by atoms with E-state index in [2.05, 4.69) is 41.5 Å². The molecule has 0 amide bonds. The first-order chi connectivity index (χ1) is 17.5. The summed E-state index contributed by atoms with van der Waals surface area (Å²) in [5, 5.41) is 25.2. The number of carbonyl (C=O) groups is 1. The summed E-state index contributed by atoms with van der Waals surface area (Å²) in [6.45, 7) is 2.74. The van der Waals surface area contributed by atoms with Crippen LogP contribution in [0, 0.1) is 0 Å². The van der Waals surface area contributed by atoms with Gasteiger partial charge in [0.1, 0.15) is 0 Å². The van der Waals surface area contributed by atoms with Gasteiger partial charge in [0.15, 0.2) is 0 Å². The lowest BCUT2D eigenvalue weighted by atomic mass is 9.93. The summed E-state index contributed by atoms with van der Waals surface area (Å²) in [5.41, 5.74) is 6.46. The first-order valence-electron chi connectivity index (χ1n) is 12.7. The molecule has 0 bridgehead atoms. The highest BCUT2D eigenvalue weighted by molar-refractivity contribution is 5.85. The molecule has 5 heteroatoms. The van der Waals surface area contributed by atoms with E-state index in [0.29, 0.717) is 25.8 Å². The minimum atomic E-state index is -0.731. The highest BCUT2D eigenvalue weighted by Crippen LogP contribution is 2.48. The number of aliphatic carboxylic acids is 1. The van der Waals surface area contributed by atoms with Crippen LogP contribution in [0.1, 0.15) is 55.5 Å². The van der Waals surface area contributed by atoms with Crippen molar-refractivity contribution in [2.75, 3.05) is 0 Å². The zero-order valence-electron chi connectivity index (χ0n) is 20.6. The maximum absolute atomic E-state index is 11.6. The Hall–Kier alpha value is -3.70. The van der Waals surface area contributed by atoms with Crippen LogP contribution in [-0.2, 0) is 23.2 Å². The lowest BCUT2D eigenvalue weighted by Gasteiger charge is -2.15. The molecule has 4 aromatic rings. The van der Waals surface area contributed by atoms with Crippen molar-refractivity contribution in [3.05, 3.63) is 102 Å². The van der Waals surface area contributed by atoms with Gasteiger partial charge in [0, 0.05) is 12.1 Å². The Kier molecular flexibility index (Phi) is 6.75. The second-order valence-electron chi connectivity index (χ2n) is 9.69. The number of hydrogen-bond acceptors (Lipinski definition) is 3. The van der Waals surface area contributed by atoms with Crippen LogP contribution < -0.4 is 0 Å². The smallest absolute Gasteiger partial charge is 0.314 e. The predicted molar refractivity (Wildman–Crippen MR) is 142 cm³/mol. The van der Waals surface area contributed by atoms with Gasteiger partial charge in [0.2, 0.25) is 0 Å². The van der Waals surface area contributed by atoms with E-state index in [1.165, 1.54) is 5.56 Å². The molecule has 1 fully saturated rings. The summed E-state index contributed by atoms with van der Waals surface area (Å²) in [5.74, 6) is -0.731. The molecule has 36 heavy (non-hydrogen) atoms. The maximum atomic E-state index is 11.6. The molecule has 0 saturated heterocycles. The first kappa shape index (κ1) is 24.0. The van der Waals surface area contributed by atoms with Crippen molar-refractivity contribution in [2.24, 2.45) is 0 Å². The van der Waals surface area contributed by atoms with E-state index >= 15 is 0 Å². The Balaban J connectivity index is 1.32. The molecule has 1 aliphatic rings. The Morgan fingerprint density at radius 3 is 2.14 bits per heavy atom. The SMILES string of the molecule is CCn1ncc(-c2ccc(-c3ccc(C4(C(=O)O)CC4)cc3)cc2)c1C(O)CCCc1ccccc1. The second kappa shape index (κ2) is 10.1. The lowest BCUT2D eigenvalue weighted by Crippen LogP contribution is -2.19. The van der Waals surface area contributed by atoms with E-state index in [9.17, 15) is 15.0 Å². The molecule has 5 nitrogen and oxygen atoms in total. The molecule has 1 aliphatic carbocycles. The monoisotopic (exact) mass is 480 g/mol. The van der Waals surface area contributed by atoms with Crippen LogP contribution in [-0.4, -0.2) is 26.0 Å². The Morgan fingerprint density at radius 1 is 0.944 bits per heavy atom. The van der Waals surface area contributed by atoms with Crippen LogP contribution in [0.2, 0.25) is 0 Å². The summed E-state index contributed by atoms with van der Waals surface area (Å²) in [7, 11) is 0. The molecule has 1 heterocycles. The fraction of sp³-hybridized carbons (Fsp3) is 0.290. The highest BCUT2D eigenvalue weighted by Gasteiger charge is 2.51. The fourth-order valence-electron chi connectivity index (χ4n) is 5.08. The molecular weight excluding hydrogens is 448 g/mol. The van der Waals surface area contributed by atoms with Gasteiger partial charge in [-0.2, -0.15) is 5.10 Å². The van der Waals surface area contributed by atoms with Crippen LogP contribution >= 0.6 is 0 Å². The van der Waals surface area contributed by atoms with Crippen LogP contribution in [0.3, 0.4) is 0 Å². The third-order valence-corrected chi connectivity index (χ3v) is 7.41. The van der Waals surface area contributed by atoms with E-state index in [1.807, 2.05) is 60.3 Å². The molecule has 1 unspecified atom stereocenters. The number of nitrogens with zero attached hydrogens (tertiary/aromatic N) is 2. The molecular formula is C31H32N2O3. The van der Waals surface area contributed by atoms with Gasteiger partial charge in [-0.25, -0.2) is 0 Å². The standard InChI is InChI=1S/C31H32N2O3/c1-2-33-29(28(34)10-6-9-22-7-4-3-5-8-22)27(21-32-33)25-13-11-23(12-14-25)24-15-17-26(18-16-24)31(19-20-31)30(35)36/h3-5,7-8,11-18,21,28,34H,2,6,9-10,19-20H2,1H3,(H,35,36). The van der Waals surface area contributed by atoms with Gasteiger partial charge in [-0.1, -0.05) is 78.9 Å². The van der Waals surface area contributed by atoms with E-state index in [-0.39, 0.29) is 0 Å². The number of benzene rings is 3. The number of aliphatic hydroxyl groups excluding tert-OH is 1. The van der Waals surface area contributed by atoms with Gasteiger partial charge in [-0.05, 0) is 66.8 Å². The molecule has 3 aromatic carbocycles. The number of hydrogen-bond donors (Lipinski definition) is 2. The first-order valence-corrected chi connectivity index (χ1v) is 12.7.